The van der Waals surface area contributed by atoms with Crippen LogP contribution in [-0.4, -0.2) is 49.8 Å². The number of rotatable bonds is 3. The molecule has 6 nitrogen and oxygen atoms in total. The van der Waals surface area contributed by atoms with Gasteiger partial charge in [0.15, 0.2) is 0 Å². The van der Waals surface area contributed by atoms with Gasteiger partial charge < -0.3 is 0 Å². The summed E-state index contributed by atoms with van der Waals surface area (Å²) in [5, 5.41) is 3.67. The highest BCUT2D eigenvalue weighted by Gasteiger charge is 2.28. The summed E-state index contributed by atoms with van der Waals surface area (Å²) in [5.74, 6) is -0.143. The van der Waals surface area contributed by atoms with E-state index in [-0.39, 0.29) is 5.91 Å². The maximum atomic E-state index is 12.8. The molecule has 1 fully saturated rings. The molecule has 1 N–H and O–H groups in total. The summed E-state index contributed by atoms with van der Waals surface area (Å²) < 4.78 is 27.0. The summed E-state index contributed by atoms with van der Waals surface area (Å²) in [6, 6.07) is 12.9. The fourth-order valence-corrected chi connectivity index (χ4v) is 4.20. The van der Waals surface area contributed by atoms with Crippen LogP contribution in [0.15, 0.2) is 47.4 Å². The van der Waals surface area contributed by atoms with Crippen molar-refractivity contribution in [3.8, 4) is 0 Å². The number of piperazine rings is 1. The van der Waals surface area contributed by atoms with Crippen LogP contribution in [0, 0.1) is 0 Å². The number of hydrogen-bond donors (Lipinski definition) is 1. The molecule has 0 saturated carbocycles. The molecule has 0 aromatic heterocycles. The van der Waals surface area contributed by atoms with Crippen LogP contribution in [0.1, 0.15) is 6.92 Å². The molecule has 0 bridgehead atoms. The molecule has 3 rings (SSSR count). The summed E-state index contributed by atoms with van der Waals surface area (Å²) in [7, 11) is -3.51. The summed E-state index contributed by atoms with van der Waals surface area (Å²) in [6.45, 7) is 3.11. The van der Waals surface area contributed by atoms with Gasteiger partial charge in [-0.05, 0) is 22.9 Å². The van der Waals surface area contributed by atoms with Crippen molar-refractivity contribution in [1.29, 1.82) is 0 Å². The predicted molar refractivity (Wildman–Crippen MR) is 88.1 cm³/mol. The van der Waals surface area contributed by atoms with Gasteiger partial charge in [0, 0.05) is 33.1 Å². The van der Waals surface area contributed by atoms with Gasteiger partial charge in [0.2, 0.25) is 15.9 Å². The number of nitrogens with zero attached hydrogens (tertiary/aromatic N) is 2. The van der Waals surface area contributed by atoms with Crippen LogP contribution < -0.4 is 5.43 Å². The fraction of sp³-hybridized carbons (Fsp3) is 0.312. The lowest BCUT2D eigenvalue weighted by atomic mass is 10.1. The van der Waals surface area contributed by atoms with Crippen molar-refractivity contribution in [2.24, 2.45) is 0 Å². The van der Waals surface area contributed by atoms with E-state index in [9.17, 15) is 13.2 Å². The number of carbonyl (C=O) groups excluding carboxylic acids is 1. The average Bonchev–Trinajstić information content (AvgIpc) is 2.54. The second kappa shape index (κ2) is 6.27. The molecule has 1 heterocycles. The van der Waals surface area contributed by atoms with Crippen LogP contribution in [0.2, 0.25) is 0 Å². The summed E-state index contributed by atoms with van der Waals surface area (Å²) >= 11 is 0. The highest BCUT2D eigenvalue weighted by molar-refractivity contribution is 7.89. The normalized spacial score (nSPS) is 17.3. The zero-order chi connectivity index (χ0) is 16.4. The summed E-state index contributed by atoms with van der Waals surface area (Å²) in [6.07, 6.45) is 0. The van der Waals surface area contributed by atoms with Crippen LogP contribution in [0.25, 0.3) is 10.8 Å². The molecule has 0 unspecified atom stereocenters. The molecular weight excluding hydrogens is 314 g/mol. The molecule has 2 aromatic carbocycles. The molecule has 0 atom stereocenters. The first-order valence-corrected chi connectivity index (χ1v) is 8.92. The van der Waals surface area contributed by atoms with E-state index in [1.165, 1.54) is 11.2 Å². The number of hydrazine groups is 1. The van der Waals surface area contributed by atoms with E-state index in [1.54, 1.807) is 17.1 Å². The van der Waals surface area contributed by atoms with E-state index in [1.807, 2.05) is 30.3 Å². The van der Waals surface area contributed by atoms with Crippen LogP contribution >= 0.6 is 0 Å². The molecule has 1 saturated heterocycles. The van der Waals surface area contributed by atoms with Crippen LogP contribution in [-0.2, 0) is 14.8 Å². The van der Waals surface area contributed by atoms with Gasteiger partial charge in [-0.2, -0.15) is 4.31 Å². The Kier molecular flexibility index (Phi) is 4.34. The third-order valence-corrected chi connectivity index (χ3v) is 5.81. The molecule has 0 aliphatic carbocycles. The molecule has 2 aromatic rings. The van der Waals surface area contributed by atoms with Gasteiger partial charge in [-0.15, -0.1) is 0 Å². The minimum Gasteiger partial charge on any atom is -0.289 e. The number of hydrogen-bond acceptors (Lipinski definition) is 4. The van der Waals surface area contributed by atoms with Gasteiger partial charge in [-0.25, -0.2) is 13.4 Å². The first-order chi connectivity index (χ1) is 11.0. The number of fused-ring (bicyclic) bond motifs is 1. The monoisotopic (exact) mass is 333 g/mol. The Morgan fingerprint density at radius 3 is 2.30 bits per heavy atom. The first kappa shape index (κ1) is 15.9. The van der Waals surface area contributed by atoms with Crippen LogP contribution in [0.3, 0.4) is 0 Å². The van der Waals surface area contributed by atoms with Crippen molar-refractivity contribution in [3.63, 3.8) is 0 Å². The molecule has 1 amide bonds. The zero-order valence-electron chi connectivity index (χ0n) is 12.9. The highest BCUT2D eigenvalue weighted by atomic mass is 32.2. The third kappa shape index (κ3) is 3.36. The Morgan fingerprint density at radius 2 is 1.65 bits per heavy atom. The van der Waals surface area contributed by atoms with Gasteiger partial charge in [0.25, 0.3) is 0 Å². The van der Waals surface area contributed by atoms with Gasteiger partial charge in [0.1, 0.15) is 0 Å². The Morgan fingerprint density at radius 1 is 1.00 bits per heavy atom. The van der Waals surface area contributed by atoms with Crippen molar-refractivity contribution in [3.05, 3.63) is 42.5 Å². The molecule has 0 spiro atoms. The maximum Gasteiger partial charge on any atom is 0.243 e. The van der Waals surface area contributed by atoms with E-state index in [0.29, 0.717) is 31.1 Å². The topological polar surface area (TPSA) is 69.7 Å². The minimum absolute atomic E-state index is 0.143. The van der Waals surface area contributed by atoms with E-state index in [4.69, 9.17) is 0 Å². The number of carbonyl (C=O) groups is 1. The van der Waals surface area contributed by atoms with E-state index in [0.717, 1.165) is 10.8 Å². The van der Waals surface area contributed by atoms with E-state index in [2.05, 4.69) is 5.43 Å². The Bertz CT molecular complexity index is 827. The van der Waals surface area contributed by atoms with Gasteiger partial charge in [-0.1, -0.05) is 30.3 Å². The molecule has 1 aliphatic rings. The highest BCUT2D eigenvalue weighted by Crippen LogP contribution is 2.22. The molecule has 7 heteroatoms. The molecule has 1 aliphatic heterocycles. The lowest BCUT2D eigenvalue weighted by molar-refractivity contribution is -0.124. The van der Waals surface area contributed by atoms with Gasteiger partial charge in [-0.3, -0.25) is 10.2 Å². The zero-order valence-corrected chi connectivity index (χ0v) is 13.7. The van der Waals surface area contributed by atoms with Gasteiger partial charge >= 0.3 is 0 Å². The molecular formula is C16H19N3O3S. The predicted octanol–water partition coefficient (Wildman–Crippen LogP) is 1.20. The van der Waals surface area contributed by atoms with Crippen molar-refractivity contribution in [2.45, 2.75) is 11.8 Å². The van der Waals surface area contributed by atoms with Crippen molar-refractivity contribution in [1.82, 2.24) is 14.7 Å². The fourth-order valence-electron chi connectivity index (χ4n) is 2.74. The first-order valence-electron chi connectivity index (χ1n) is 7.48. The largest absolute Gasteiger partial charge is 0.289 e. The van der Waals surface area contributed by atoms with Crippen LogP contribution in [0.5, 0.6) is 0 Å². The number of benzene rings is 2. The number of amides is 1. The molecule has 122 valence electrons. The number of nitrogens with one attached hydrogen (secondary N) is 1. The third-order valence-electron chi connectivity index (χ3n) is 3.91. The lowest BCUT2D eigenvalue weighted by Gasteiger charge is -2.33. The van der Waals surface area contributed by atoms with Crippen molar-refractivity contribution >= 4 is 26.7 Å². The van der Waals surface area contributed by atoms with Crippen molar-refractivity contribution < 1.29 is 13.2 Å². The van der Waals surface area contributed by atoms with E-state index >= 15 is 0 Å². The molecule has 23 heavy (non-hydrogen) atoms. The quantitative estimate of drug-likeness (QED) is 0.916. The second-order valence-electron chi connectivity index (χ2n) is 5.57. The maximum absolute atomic E-state index is 12.8. The Hall–Kier alpha value is -1.96. The molecule has 0 radical (unpaired) electrons. The van der Waals surface area contributed by atoms with Crippen LogP contribution in [0.4, 0.5) is 0 Å². The Labute approximate surface area is 135 Å². The van der Waals surface area contributed by atoms with Crippen molar-refractivity contribution in [2.75, 3.05) is 26.2 Å². The minimum atomic E-state index is -3.51. The number of sulfonamides is 1. The summed E-state index contributed by atoms with van der Waals surface area (Å²) in [5.41, 5.74) is 2.69. The average molecular weight is 333 g/mol. The standard InChI is InChI=1S/C16H19N3O3S/c1-13(20)17-18-8-10-19(11-9-18)23(21,22)16-7-6-14-4-2-3-5-15(14)12-16/h2-7,12H,8-11H2,1H3,(H,17,20). The van der Waals surface area contributed by atoms with E-state index < -0.39 is 10.0 Å². The summed E-state index contributed by atoms with van der Waals surface area (Å²) in [4.78, 5) is 11.4. The van der Waals surface area contributed by atoms with Gasteiger partial charge in [0.05, 0.1) is 4.90 Å². The SMILES string of the molecule is CC(=O)NN1CCN(S(=O)(=O)c2ccc3ccccc3c2)CC1. The lowest BCUT2D eigenvalue weighted by Crippen LogP contribution is -2.54. The second-order valence-corrected chi connectivity index (χ2v) is 7.51. The Balaban J connectivity index is 1.79. The smallest absolute Gasteiger partial charge is 0.243 e.